The van der Waals surface area contributed by atoms with Gasteiger partial charge < -0.3 is 20.3 Å². The van der Waals surface area contributed by atoms with E-state index in [-0.39, 0.29) is 23.8 Å². The fourth-order valence-electron chi connectivity index (χ4n) is 3.76. The Morgan fingerprint density at radius 2 is 1.58 bits per heavy atom. The highest BCUT2D eigenvalue weighted by molar-refractivity contribution is 5.98. The predicted molar refractivity (Wildman–Crippen MR) is 123 cm³/mol. The summed E-state index contributed by atoms with van der Waals surface area (Å²) in [6.45, 7) is 11.0. The van der Waals surface area contributed by atoms with E-state index in [1.54, 1.807) is 6.07 Å². The average Bonchev–Trinajstić information content (AvgIpc) is 2.78. The molecular weight excluding hydrogens is 390 g/mol. The monoisotopic (exact) mass is 423 g/mol. The lowest BCUT2D eigenvalue weighted by atomic mass is 10.0. The van der Waals surface area contributed by atoms with Crippen molar-refractivity contribution in [2.75, 3.05) is 31.2 Å². The molecule has 3 rings (SSSR count). The molecule has 1 saturated heterocycles. The standard InChI is InChI=1S/C25H33N3O3/c1-17(2)23(27-24(29)22-8-6-5-7-18(22)3)25(30)26-19(4)20-9-11-21(12-10-20)28-13-15-31-16-14-28/h5-12,17,19,23H,13-16H2,1-4H3,(H,26,30)(H,27,29). The van der Waals surface area contributed by atoms with Crippen molar-refractivity contribution in [3.05, 3.63) is 65.2 Å². The van der Waals surface area contributed by atoms with Gasteiger partial charge in [-0.1, -0.05) is 44.2 Å². The van der Waals surface area contributed by atoms with Crippen molar-refractivity contribution in [1.29, 1.82) is 0 Å². The van der Waals surface area contributed by atoms with E-state index in [4.69, 9.17) is 4.74 Å². The van der Waals surface area contributed by atoms with Gasteiger partial charge in [-0.3, -0.25) is 9.59 Å². The second kappa shape index (κ2) is 10.4. The molecule has 2 atom stereocenters. The van der Waals surface area contributed by atoms with Crippen molar-refractivity contribution in [2.24, 2.45) is 5.92 Å². The van der Waals surface area contributed by atoms with Gasteiger partial charge in [0.2, 0.25) is 5.91 Å². The van der Waals surface area contributed by atoms with Crippen LogP contribution in [0.1, 0.15) is 48.3 Å². The normalized spacial score (nSPS) is 16.0. The van der Waals surface area contributed by atoms with Gasteiger partial charge in [0.1, 0.15) is 6.04 Å². The number of benzene rings is 2. The Morgan fingerprint density at radius 1 is 0.935 bits per heavy atom. The van der Waals surface area contributed by atoms with E-state index >= 15 is 0 Å². The van der Waals surface area contributed by atoms with Crippen molar-refractivity contribution < 1.29 is 14.3 Å². The summed E-state index contributed by atoms with van der Waals surface area (Å²) in [6, 6.07) is 14.9. The molecule has 1 heterocycles. The topological polar surface area (TPSA) is 70.7 Å². The number of morpholine rings is 1. The molecule has 166 valence electrons. The van der Waals surface area contributed by atoms with E-state index in [0.29, 0.717) is 5.56 Å². The molecule has 0 radical (unpaired) electrons. The number of aryl methyl sites for hydroxylation is 1. The molecule has 0 bridgehead atoms. The van der Waals surface area contributed by atoms with E-state index < -0.39 is 6.04 Å². The third-order valence-electron chi connectivity index (χ3n) is 5.75. The summed E-state index contributed by atoms with van der Waals surface area (Å²) in [4.78, 5) is 28.0. The number of hydrogen-bond acceptors (Lipinski definition) is 4. The molecule has 2 N–H and O–H groups in total. The van der Waals surface area contributed by atoms with E-state index in [1.807, 2.05) is 58.0 Å². The Kier molecular flexibility index (Phi) is 7.69. The third kappa shape index (κ3) is 5.85. The number of carbonyl (C=O) groups excluding carboxylic acids is 2. The highest BCUT2D eigenvalue weighted by Crippen LogP contribution is 2.20. The second-order valence-electron chi connectivity index (χ2n) is 8.43. The molecule has 0 aromatic heterocycles. The Hall–Kier alpha value is -2.86. The lowest BCUT2D eigenvalue weighted by Crippen LogP contribution is -2.50. The maximum absolute atomic E-state index is 13.0. The van der Waals surface area contributed by atoms with Crippen molar-refractivity contribution in [3.63, 3.8) is 0 Å². The minimum Gasteiger partial charge on any atom is -0.378 e. The first kappa shape index (κ1) is 22.8. The van der Waals surface area contributed by atoms with E-state index in [1.165, 1.54) is 0 Å². The summed E-state index contributed by atoms with van der Waals surface area (Å²) < 4.78 is 5.41. The molecule has 2 amide bonds. The van der Waals surface area contributed by atoms with Crippen LogP contribution in [0.4, 0.5) is 5.69 Å². The quantitative estimate of drug-likeness (QED) is 0.716. The molecule has 6 heteroatoms. The zero-order chi connectivity index (χ0) is 22.4. The first-order valence-electron chi connectivity index (χ1n) is 11.0. The average molecular weight is 424 g/mol. The van der Waals surface area contributed by atoms with Crippen LogP contribution in [0.3, 0.4) is 0 Å². The van der Waals surface area contributed by atoms with Crippen LogP contribution < -0.4 is 15.5 Å². The van der Waals surface area contributed by atoms with Crippen molar-refractivity contribution >= 4 is 17.5 Å². The summed E-state index contributed by atoms with van der Waals surface area (Å²) in [5.74, 6) is -0.444. The SMILES string of the molecule is Cc1ccccc1C(=O)NC(C(=O)NC(C)c1ccc(N2CCOCC2)cc1)C(C)C. The number of carbonyl (C=O) groups is 2. The van der Waals surface area contributed by atoms with E-state index in [0.717, 1.165) is 43.1 Å². The molecule has 1 aliphatic rings. The highest BCUT2D eigenvalue weighted by Gasteiger charge is 2.26. The largest absolute Gasteiger partial charge is 0.378 e. The molecule has 0 aliphatic carbocycles. The number of anilines is 1. The zero-order valence-electron chi connectivity index (χ0n) is 18.9. The summed E-state index contributed by atoms with van der Waals surface area (Å²) in [7, 11) is 0. The molecule has 31 heavy (non-hydrogen) atoms. The summed E-state index contributed by atoms with van der Waals surface area (Å²) >= 11 is 0. The van der Waals surface area contributed by atoms with Crippen LogP contribution in [-0.2, 0) is 9.53 Å². The van der Waals surface area contributed by atoms with Gasteiger partial charge >= 0.3 is 0 Å². The van der Waals surface area contributed by atoms with Crippen molar-refractivity contribution in [2.45, 2.75) is 39.8 Å². The van der Waals surface area contributed by atoms with Gasteiger partial charge in [-0.05, 0) is 49.1 Å². The Bertz CT molecular complexity index is 889. The highest BCUT2D eigenvalue weighted by atomic mass is 16.5. The van der Waals surface area contributed by atoms with Crippen LogP contribution in [0.2, 0.25) is 0 Å². The number of hydrogen-bond donors (Lipinski definition) is 2. The van der Waals surface area contributed by atoms with Crippen LogP contribution in [0, 0.1) is 12.8 Å². The van der Waals surface area contributed by atoms with Gasteiger partial charge in [-0.15, -0.1) is 0 Å². The molecule has 1 fully saturated rings. The number of nitrogens with one attached hydrogen (secondary N) is 2. The van der Waals surface area contributed by atoms with Crippen LogP contribution in [0.15, 0.2) is 48.5 Å². The van der Waals surface area contributed by atoms with Gasteiger partial charge in [0, 0.05) is 24.3 Å². The summed E-state index contributed by atoms with van der Waals surface area (Å²) in [5, 5.41) is 5.97. The zero-order valence-corrected chi connectivity index (χ0v) is 18.9. The maximum Gasteiger partial charge on any atom is 0.252 e. The molecule has 2 aromatic rings. The molecule has 0 saturated carbocycles. The molecule has 6 nitrogen and oxygen atoms in total. The van der Waals surface area contributed by atoms with E-state index in [9.17, 15) is 9.59 Å². The fraction of sp³-hybridized carbons (Fsp3) is 0.440. The number of ether oxygens (including phenoxy) is 1. The van der Waals surface area contributed by atoms with Crippen LogP contribution >= 0.6 is 0 Å². The molecule has 2 unspecified atom stereocenters. The molecule has 0 spiro atoms. The summed E-state index contributed by atoms with van der Waals surface area (Å²) in [5.41, 5.74) is 3.67. The van der Waals surface area contributed by atoms with Gasteiger partial charge in [-0.2, -0.15) is 0 Å². The van der Waals surface area contributed by atoms with Crippen molar-refractivity contribution in [3.8, 4) is 0 Å². The maximum atomic E-state index is 13.0. The van der Waals surface area contributed by atoms with Crippen LogP contribution in [0.25, 0.3) is 0 Å². The van der Waals surface area contributed by atoms with Gasteiger partial charge in [0.05, 0.1) is 19.3 Å². The third-order valence-corrected chi connectivity index (χ3v) is 5.75. The minimum atomic E-state index is -0.609. The van der Waals surface area contributed by atoms with E-state index in [2.05, 4.69) is 27.7 Å². The van der Waals surface area contributed by atoms with Gasteiger partial charge in [0.15, 0.2) is 0 Å². The minimum absolute atomic E-state index is 0.0381. The Balaban J connectivity index is 1.63. The number of rotatable bonds is 7. The predicted octanol–water partition coefficient (Wildman–Crippen LogP) is 3.46. The lowest BCUT2D eigenvalue weighted by Gasteiger charge is -2.29. The van der Waals surface area contributed by atoms with Crippen LogP contribution in [0.5, 0.6) is 0 Å². The molecule has 2 aromatic carbocycles. The smallest absolute Gasteiger partial charge is 0.252 e. The number of nitrogens with zero attached hydrogens (tertiary/aromatic N) is 1. The Morgan fingerprint density at radius 3 is 2.19 bits per heavy atom. The van der Waals surface area contributed by atoms with Crippen molar-refractivity contribution in [1.82, 2.24) is 10.6 Å². The van der Waals surface area contributed by atoms with Gasteiger partial charge in [-0.25, -0.2) is 0 Å². The number of amides is 2. The van der Waals surface area contributed by atoms with Crippen LogP contribution in [-0.4, -0.2) is 44.2 Å². The first-order valence-corrected chi connectivity index (χ1v) is 11.0. The molecule has 1 aliphatic heterocycles. The Labute approximate surface area is 185 Å². The second-order valence-corrected chi connectivity index (χ2v) is 8.43. The molecular formula is C25H33N3O3. The van der Waals surface area contributed by atoms with Gasteiger partial charge in [0.25, 0.3) is 5.91 Å². The first-order chi connectivity index (χ1) is 14.9. The lowest BCUT2D eigenvalue weighted by molar-refractivity contribution is -0.124. The fourth-order valence-corrected chi connectivity index (χ4v) is 3.76. The summed E-state index contributed by atoms with van der Waals surface area (Å²) in [6.07, 6.45) is 0.